The maximum atomic E-state index is 11.3. The molecule has 0 saturated carbocycles. The topological polar surface area (TPSA) is 73.6 Å². The second-order valence-corrected chi connectivity index (χ2v) is 4.37. The Morgan fingerprint density at radius 3 is 2.58 bits per heavy atom. The second kappa shape index (κ2) is 7.63. The summed E-state index contributed by atoms with van der Waals surface area (Å²) in [6.45, 7) is 2.29. The maximum Gasteiger partial charge on any atom is 0.236 e. The minimum absolute atomic E-state index is 0.118. The third-order valence-corrected chi connectivity index (χ3v) is 2.80. The third-order valence-electron chi connectivity index (χ3n) is 2.80. The van der Waals surface area contributed by atoms with Gasteiger partial charge in [-0.25, -0.2) is 0 Å². The molecule has 0 saturated heterocycles. The van der Waals surface area contributed by atoms with Gasteiger partial charge in [0.2, 0.25) is 5.91 Å². The average Bonchev–Trinajstić information content (AvgIpc) is 2.42. The molecule has 1 atom stereocenters. The molecule has 1 rings (SSSR count). The molecule has 0 spiro atoms. The molecule has 0 aromatic heterocycles. The average molecular weight is 266 g/mol. The highest BCUT2D eigenvalue weighted by Gasteiger charge is 2.06. The van der Waals surface area contributed by atoms with Gasteiger partial charge in [0.25, 0.3) is 0 Å². The lowest BCUT2D eigenvalue weighted by atomic mass is 10.1. The van der Waals surface area contributed by atoms with E-state index in [9.17, 15) is 4.79 Å². The first kappa shape index (κ1) is 15.3. The molecule has 106 valence electrons. The molecule has 0 fully saturated rings. The van der Waals surface area contributed by atoms with E-state index in [0.29, 0.717) is 6.54 Å². The number of amides is 1. The Balaban J connectivity index is 2.43. The molecule has 0 radical (unpaired) electrons. The van der Waals surface area contributed by atoms with Gasteiger partial charge in [-0.2, -0.15) is 0 Å². The molecule has 5 nitrogen and oxygen atoms in total. The van der Waals surface area contributed by atoms with E-state index in [0.717, 1.165) is 29.9 Å². The number of methoxy groups -OCH3 is 2. The predicted molar refractivity (Wildman–Crippen MR) is 74.5 cm³/mol. The van der Waals surface area contributed by atoms with Gasteiger partial charge in [0.15, 0.2) is 11.5 Å². The largest absolute Gasteiger partial charge is 0.493 e. The number of rotatable bonds is 7. The number of hydrogen-bond acceptors (Lipinski definition) is 4. The zero-order chi connectivity index (χ0) is 14.3. The SMILES string of the molecule is COc1ccc(CCCNC(=O)[C@H](C)N)cc1OC. The summed E-state index contributed by atoms with van der Waals surface area (Å²) in [5.74, 6) is 1.32. The standard InChI is InChI=1S/C14H22N2O3/c1-10(15)14(17)16-8-4-5-11-6-7-12(18-2)13(9-11)19-3/h6-7,9-10H,4-5,8,15H2,1-3H3,(H,16,17)/t10-/m0/s1. The van der Waals surface area contributed by atoms with Gasteiger partial charge in [0.1, 0.15) is 0 Å². The van der Waals surface area contributed by atoms with Gasteiger partial charge in [-0.1, -0.05) is 6.07 Å². The van der Waals surface area contributed by atoms with Crippen molar-refractivity contribution >= 4 is 5.91 Å². The van der Waals surface area contributed by atoms with Crippen LogP contribution in [0.2, 0.25) is 0 Å². The van der Waals surface area contributed by atoms with E-state index in [4.69, 9.17) is 15.2 Å². The second-order valence-electron chi connectivity index (χ2n) is 4.37. The van der Waals surface area contributed by atoms with Crippen molar-refractivity contribution in [2.24, 2.45) is 5.73 Å². The molecule has 1 aromatic rings. The Morgan fingerprint density at radius 2 is 2.00 bits per heavy atom. The van der Waals surface area contributed by atoms with Crippen LogP contribution in [0, 0.1) is 0 Å². The first-order chi connectivity index (χ1) is 9.08. The fraction of sp³-hybridized carbons (Fsp3) is 0.500. The van der Waals surface area contributed by atoms with E-state index < -0.39 is 6.04 Å². The van der Waals surface area contributed by atoms with Crippen LogP contribution in [0.15, 0.2) is 18.2 Å². The van der Waals surface area contributed by atoms with Gasteiger partial charge in [0.05, 0.1) is 20.3 Å². The zero-order valence-corrected chi connectivity index (χ0v) is 11.7. The van der Waals surface area contributed by atoms with Crippen molar-refractivity contribution in [2.45, 2.75) is 25.8 Å². The summed E-state index contributed by atoms with van der Waals surface area (Å²) in [6.07, 6.45) is 1.72. The van der Waals surface area contributed by atoms with Gasteiger partial charge in [0, 0.05) is 6.54 Å². The molecule has 3 N–H and O–H groups in total. The summed E-state index contributed by atoms with van der Waals surface area (Å²) in [6, 6.07) is 5.37. The molecule has 5 heteroatoms. The fourth-order valence-corrected chi connectivity index (χ4v) is 1.70. The summed E-state index contributed by atoms with van der Waals surface area (Å²) in [7, 11) is 3.23. The number of nitrogens with two attached hydrogens (primary N) is 1. The van der Waals surface area contributed by atoms with Gasteiger partial charge in [-0.15, -0.1) is 0 Å². The van der Waals surface area contributed by atoms with Crippen LogP contribution in [0.4, 0.5) is 0 Å². The highest BCUT2D eigenvalue weighted by atomic mass is 16.5. The van der Waals surface area contributed by atoms with Gasteiger partial charge >= 0.3 is 0 Å². The van der Waals surface area contributed by atoms with E-state index in [2.05, 4.69) is 5.32 Å². The van der Waals surface area contributed by atoms with Crippen LogP contribution in [0.3, 0.4) is 0 Å². The van der Waals surface area contributed by atoms with Crippen molar-refractivity contribution in [2.75, 3.05) is 20.8 Å². The molecule has 1 aromatic carbocycles. The van der Waals surface area contributed by atoms with Crippen LogP contribution in [0.25, 0.3) is 0 Å². The van der Waals surface area contributed by atoms with Crippen molar-refractivity contribution in [3.05, 3.63) is 23.8 Å². The van der Waals surface area contributed by atoms with E-state index in [1.807, 2.05) is 18.2 Å². The van der Waals surface area contributed by atoms with Crippen LogP contribution in [-0.4, -0.2) is 32.7 Å². The summed E-state index contributed by atoms with van der Waals surface area (Å²) < 4.78 is 10.4. The lowest BCUT2D eigenvalue weighted by Crippen LogP contribution is -2.38. The van der Waals surface area contributed by atoms with Crippen LogP contribution in [0.1, 0.15) is 18.9 Å². The molecule has 0 aliphatic rings. The lowest BCUT2D eigenvalue weighted by molar-refractivity contribution is -0.121. The minimum Gasteiger partial charge on any atom is -0.493 e. The van der Waals surface area contributed by atoms with Crippen molar-refractivity contribution < 1.29 is 14.3 Å². The normalized spacial score (nSPS) is 11.8. The number of hydrogen-bond donors (Lipinski definition) is 2. The van der Waals surface area contributed by atoms with E-state index >= 15 is 0 Å². The maximum absolute atomic E-state index is 11.3. The summed E-state index contributed by atoms with van der Waals surface area (Å²) in [5, 5.41) is 2.78. The fourth-order valence-electron chi connectivity index (χ4n) is 1.70. The molecular weight excluding hydrogens is 244 g/mol. The van der Waals surface area contributed by atoms with Crippen LogP contribution < -0.4 is 20.5 Å². The number of aryl methyl sites for hydroxylation is 1. The molecule has 0 heterocycles. The Labute approximate surface area is 114 Å². The van der Waals surface area contributed by atoms with E-state index in [1.165, 1.54) is 0 Å². The lowest BCUT2D eigenvalue weighted by Gasteiger charge is -2.10. The molecule has 0 bridgehead atoms. The molecule has 19 heavy (non-hydrogen) atoms. The third kappa shape index (κ3) is 4.79. The van der Waals surface area contributed by atoms with E-state index in [1.54, 1.807) is 21.1 Å². The minimum atomic E-state index is -0.457. The zero-order valence-electron chi connectivity index (χ0n) is 11.7. The first-order valence-electron chi connectivity index (χ1n) is 6.32. The summed E-state index contributed by atoms with van der Waals surface area (Å²) >= 11 is 0. The Morgan fingerprint density at radius 1 is 1.32 bits per heavy atom. The van der Waals surface area contributed by atoms with Crippen molar-refractivity contribution in [1.82, 2.24) is 5.32 Å². The molecular formula is C14H22N2O3. The molecule has 1 amide bonds. The van der Waals surface area contributed by atoms with Gasteiger partial charge < -0.3 is 20.5 Å². The number of carbonyl (C=O) groups excluding carboxylic acids is 1. The molecule has 0 aliphatic heterocycles. The number of nitrogens with one attached hydrogen (secondary N) is 1. The Kier molecular flexibility index (Phi) is 6.15. The summed E-state index contributed by atoms with van der Waals surface area (Å²) in [5.41, 5.74) is 6.60. The van der Waals surface area contributed by atoms with Crippen LogP contribution >= 0.6 is 0 Å². The number of benzene rings is 1. The van der Waals surface area contributed by atoms with Crippen molar-refractivity contribution in [3.8, 4) is 11.5 Å². The van der Waals surface area contributed by atoms with Crippen molar-refractivity contribution in [1.29, 1.82) is 0 Å². The predicted octanol–water partition coefficient (Wildman–Crippen LogP) is 1.10. The van der Waals surface area contributed by atoms with Gasteiger partial charge in [-0.3, -0.25) is 4.79 Å². The Bertz CT molecular complexity index is 419. The molecule has 0 aliphatic carbocycles. The number of carbonyl (C=O) groups is 1. The van der Waals surface area contributed by atoms with Crippen LogP contribution in [-0.2, 0) is 11.2 Å². The van der Waals surface area contributed by atoms with Crippen molar-refractivity contribution in [3.63, 3.8) is 0 Å². The monoisotopic (exact) mass is 266 g/mol. The quantitative estimate of drug-likeness (QED) is 0.725. The number of ether oxygens (including phenoxy) is 2. The van der Waals surface area contributed by atoms with Gasteiger partial charge in [-0.05, 0) is 37.5 Å². The van der Waals surface area contributed by atoms with E-state index in [-0.39, 0.29) is 5.91 Å². The van der Waals surface area contributed by atoms with Crippen LogP contribution in [0.5, 0.6) is 11.5 Å². The highest BCUT2D eigenvalue weighted by Crippen LogP contribution is 2.27. The first-order valence-corrected chi connectivity index (χ1v) is 6.32. The summed E-state index contributed by atoms with van der Waals surface area (Å²) in [4.78, 5) is 11.3. The highest BCUT2D eigenvalue weighted by molar-refractivity contribution is 5.80. The Hall–Kier alpha value is -1.75. The molecule has 0 unspecified atom stereocenters. The smallest absolute Gasteiger partial charge is 0.236 e.